The molecule has 3 aliphatic rings. The molecule has 14 nitrogen and oxygen atoms in total. The van der Waals surface area contributed by atoms with Gasteiger partial charge in [0, 0.05) is 94.6 Å². The first kappa shape index (κ1) is 34.6. The lowest BCUT2D eigenvalue weighted by Crippen LogP contribution is -2.49. The Kier molecular flexibility index (Phi) is 10.0. The molecule has 3 fully saturated rings. The number of rotatable bonds is 10. The lowest BCUT2D eigenvalue weighted by atomic mass is 10.0. The number of fused-ring (bicyclic) bond motifs is 1. The molecule has 3 amide bonds. The van der Waals surface area contributed by atoms with Crippen LogP contribution in [0.1, 0.15) is 57.6 Å². The van der Waals surface area contributed by atoms with Crippen LogP contribution in [0.3, 0.4) is 0 Å². The molecule has 0 saturated carbocycles. The van der Waals surface area contributed by atoms with Gasteiger partial charge >= 0.3 is 6.03 Å². The molecule has 3 aliphatic heterocycles. The topological polar surface area (TPSA) is 137 Å². The van der Waals surface area contributed by atoms with Gasteiger partial charge in [-0.25, -0.2) is 19.2 Å². The van der Waals surface area contributed by atoms with Crippen LogP contribution in [0, 0.1) is 5.82 Å². The van der Waals surface area contributed by atoms with Crippen LogP contribution in [0.25, 0.3) is 10.9 Å². The number of halogens is 1. The molecule has 0 unspecified atom stereocenters. The van der Waals surface area contributed by atoms with Crippen LogP contribution >= 0.6 is 0 Å². The molecule has 7 rings (SSSR count). The number of amides is 3. The zero-order valence-electron chi connectivity index (χ0n) is 29.7. The molecule has 15 heteroatoms. The van der Waals surface area contributed by atoms with Crippen molar-refractivity contribution in [1.29, 1.82) is 0 Å². The Bertz CT molecular complexity index is 1890. The number of carbonyl (C=O) groups is 2. The molecular weight excluding hydrogens is 653 g/mol. The van der Waals surface area contributed by atoms with Crippen LogP contribution in [0.2, 0.25) is 0 Å². The van der Waals surface area contributed by atoms with Crippen molar-refractivity contribution in [3.05, 3.63) is 54.1 Å². The van der Waals surface area contributed by atoms with Gasteiger partial charge in [0.25, 0.3) is 0 Å². The van der Waals surface area contributed by atoms with Crippen LogP contribution in [0.15, 0.2) is 42.7 Å². The Morgan fingerprint density at radius 1 is 1.00 bits per heavy atom. The second-order valence-corrected chi connectivity index (χ2v) is 13.9. The second-order valence-electron chi connectivity index (χ2n) is 13.9. The van der Waals surface area contributed by atoms with Gasteiger partial charge in [0.2, 0.25) is 11.9 Å². The smallest absolute Gasteiger partial charge is 0.328 e. The summed E-state index contributed by atoms with van der Waals surface area (Å²) in [5.74, 6) is 2.32. The predicted molar refractivity (Wildman–Crippen MR) is 194 cm³/mol. The summed E-state index contributed by atoms with van der Waals surface area (Å²) in [7, 11) is 3.80. The Balaban J connectivity index is 0.995. The summed E-state index contributed by atoms with van der Waals surface area (Å²) in [6, 6.07) is 8.65. The number of carbonyl (C=O) groups excluding carboxylic acids is 2. The Labute approximate surface area is 297 Å². The number of methoxy groups -OCH3 is 1. The van der Waals surface area contributed by atoms with E-state index in [0.717, 1.165) is 68.6 Å². The summed E-state index contributed by atoms with van der Waals surface area (Å²) in [6.07, 6.45) is 7.87. The SMILES string of the molecule is COC1CCN(c2nccc(Nc3cc4c(cn3)c(N3CCC(N(C)Cc5ccc(N6CCC(=O)NC6=O)cc5F)CC3)nn4C(C)C)n2)CC1. The zero-order chi connectivity index (χ0) is 35.6. The van der Waals surface area contributed by atoms with E-state index in [1.165, 1.54) is 11.0 Å². The molecule has 3 saturated heterocycles. The second kappa shape index (κ2) is 14.8. The average molecular weight is 700 g/mol. The summed E-state index contributed by atoms with van der Waals surface area (Å²) >= 11 is 0. The van der Waals surface area contributed by atoms with Crippen molar-refractivity contribution < 1.29 is 18.7 Å². The van der Waals surface area contributed by atoms with Crippen molar-refractivity contribution in [2.24, 2.45) is 0 Å². The lowest BCUT2D eigenvalue weighted by molar-refractivity contribution is -0.120. The number of aromatic nitrogens is 5. The number of piperidine rings is 2. The third-order valence-electron chi connectivity index (χ3n) is 10.2. The molecule has 0 radical (unpaired) electrons. The van der Waals surface area contributed by atoms with E-state index in [4.69, 9.17) is 19.8 Å². The number of pyridine rings is 1. The van der Waals surface area contributed by atoms with E-state index in [9.17, 15) is 9.59 Å². The maximum atomic E-state index is 15.2. The zero-order valence-corrected chi connectivity index (χ0v) is 29.7. The number of benzene rings is 1. The van der Waals surface area contributed by atoms with Crippen molar-refractivity contribution in [3.8, 4) is 0 Å². The fourth-order valence-corrected chi connectivity index (χ4v) is 7.26. The maximum Gasteiger partial charge on any atom is 0.328 e. The molecular formula is C36H46FN11O3. The number of ether oxygens (including phenoxy) is 1. The minimum Gasteiger partial charge on any atom is -0.381 e. The molecule has 0 atom stereocenters. The molecule has 0 spiro atoms. The van der Waals surface area contributed by atoms with Crippen LogP contribution in [0.5, 0.6) is 0 Å². The summed E-state index contributed by atoms with van der Waals surface area (Å²) in [4.78, 5) is 45.9. The van der Waals surface area contributed by atoms with Gasteiger partial charge in [-0.05, 0) is 64.8 Å². The monoisotopic (exact) mass is 699 g/mol. The van der Waals surface area contributed by atoms with E-state index in [1.54, 1.807) is 25.4 Å². The van der Waals surface area contributed by atoms with Gasteiger partial charge in [0.05, 0.1) is 17.0 Å². The summed E-state index contributed by atoms with van der Waals surface area (Å²) < 4.78 is 22.8. The van der Waals surface area contributed by atoms with Gasteiger partial charge in [-0.2, -0.15) is 10.1 Å². The molecule has 51 heavy (non-hydrogen) atoms. The highest BCUT2D eigenvalue weighted by atomic mass is 19.1. The van der Waals surface area contributed by atoms with E-state index in [0.29, 0.717) is 35.4 Å². The number of nitrogens with one attached hydrogen (secondary N) is 2. The minimum absolute atomic E-state index is 0.147. The molecule has 0 bridgehead atoms. The quantitative estimate of drug-likeness (QED) is 0.235. The van der Waals surface area contributed by atoms with Crippen molar-refractivity contribution >= 4 is 51.9 Å². The van der Waals surface area contributed by atoms with Crippen LogP contribution in [-0.2, 0) is 16.1 Å². The summed E-state index contributed by atoms with van der Waals surface area (Å²) in [6.45, 7) is 8.28. The normalized spacial score (nSPS) is 18.0. The van der Waals surface area contributed by atoms with E-state index >= 15 is 4.39 Å². The predicted octanol–water partition coefficient (Wildman–Crippen LogP) is 4.85. The lowest BCUT2D eigenvalue weighted by Gasteiger charge is -2.37. The molecule has 1 aromatic carbocycles. The van der Waals surface area contributed by atoms with Crippen molar-refractivity contribution in [2.75, 3.05) is 66.9 Å². The number of imide groups is 1. The maximum absolute atomic E-state index is 15.2. The van der Waals surface area contributed by atoms with Gasteiger partial charge in [-0.3, -0.25) is 24.6 Å². The molecule has 3 aromatic heterocycles. The number of nitrogens with zero attached hydrogens (tertiary/aromatic N) is 9. The largest absolute Gasteiger partial charge is 0.381 e. The van der Waals surface area contributed by atoms with Gasteiger partial charge < -0.3 is 19.9 Å². The van der Waals surface area contributed by atoms with Crippen LogP contribution in [0.4, 0.5) is 38.3 Å². The Morgan fingerprint density at radius 3 is 2.47 bits per heavy atom. The van der Waals surface area contributed by atoms with E-state index in [1.807, 2.05) is 25.4 Å². The first-order valence-electron chi connectivity index (χ1n) is 17.8. The molecule has 270 valence electrons. The summed E-state index contributed by atoms with van der Waals surface area (Å²) in [5, 5.41) is 11.7. The third kappa shape index (κ3) is 7.45. The highest BCUT2D eigenvalue weighted by molar-refractivity contribution is 6.05. The van der Waals surface area contributed by atoms with Crippen LogP contribution in [-0.4, -0.2) is 101 Å². The van der Waals surface area contributed by atoms with Gasteiger partial charge in [-0.15, -0.1) is 0 Å². The highest BCUT2D eigenvalue weighted by Gasteiger charge is 2.28. The first-order valence-corrected chi connectivity index (χ1v) is 17.8. The fraction of sp³-hybridized carbons (Fsp3) is 0.500. The number of hydrogen-bond acceptors (Lipinski definition) is 11. The van der Waals surface area contributed by atoms with E-state index < -0.39 is 6.03 Å². The molecule has 4 aromatic rings. The van der Waals surface area contributed by atoms with E-state index in [-0.39, 0.29) is 42.9 Å². The van der Waals surface area contributed by atoms with Crippen LogP contribution < -0.4 is 25.3 Å². The average Bonchev–Trinajstić information content (AvgIpc) is 3.52. The Hall–Kier alpha value is -4.89. The Morgan fingerprint density at radius 2 is 1.76 bits per heavy atom. The standard InChI is InChI=1S/C36H46FN11O3/c1-23(2)48-30-20-32(40-31-7-13-38-35(41-31)46-16-10-27(51-4)11-17-46)39-21-28(30)34(43-48)45-14-8-25(9-15-45)44(3)22-24-5-6-26(19-29(24)37)47-18-12-33(49)42-36(47)50/h5-7,13,19-21,23,25,27H,8-12,14-18,22H2,1-4H3,(H,42,49,50)(H,38,39,40,41). The van der Waals surface area contributed by atoms with Crippen molar-refractivity contribution in [3.63, 3.8) is 0 Å². The number of urea groups is 1. The van der Waals surface area contributed by atoms with Crippen molar-refractivity contribution in [2.45, 2.75) is 70.7 Å². The minimum atomic E-state index is -0.521. The summed E-state index contributed by atoms with van der Waals surface area (Å²) in [5.41, 5.74) is 2.01. The molecule has 0 aliphatic carbocycles. The number of hydrogen-bond donors (Lipinski definition) is 2. The van der Waals surface area contributed by atoms with Crippen molar-refractivity contribution in [1.82, 2.24) is 34.9 Å². The first-order chi connectivity index (χ1) is 24.7. The fourth-order valence-electron chi connectivity index (χ4n) is 7.26. The molecule has 6 heterocycles. The van der Waals surface area contributed by atoms with Gasteiger partial charge in [0.15, 0.2) is 5.82 Å². The van der Waals surface area contributed by atoms with Gasteiger partial charge in [0.1, 0.15) is 17.5 Å². The number of anilines is 5. The highest BCUT2D eigenvalue weighted by Crippen LogP contribution is 2.33. The van der Waals surface area contributed by atoms with E-state index in [2.05, 4.69) is 48.8 Å². The third-order valence-corrected chi connectivity index (χ3v) is 10.2. The molecule has 2 N–H and O–H groups in total. The van der Waals surface area contributed by atoms with Gasteiger partial charge in [-0.1, -0.05) is 6.07 Å².